The third kappa shape index (κ3) is 2.45. The summed E-state index contributed by atoms with van der Waals surface area (Å²) in [4.78, 5) is 4.50. The molecule has 3 aromatic rings. The highest BCUT2D eigenvalue weighted by molar-refractivity contribution is 9.10. The summed E-state index contributed by atoms with van der Waals surface area (Å²) in [5.41, 5.74) is 2.43. The lowest BCUT2D eigenvalue weighted by molar-refractivity contribution is 0.599. The first-order valence-electron chi connectivity index (χ1n) is 6.13. The van der Waals surface area contributed by atoms with E-state index in [4.69, 9.17) is 11.6 Å². The summed E-state index contributed by atoms with van der Waals surface area (Å²) < 4.78 is 16.7. The normalized spacial score (nSPS) is 11.2. The first-order chi connectivity index (χ1) is 9.69. The van der Waals surface area contributed by atoms with Gasteiger partial charge in [0.25, 0.3) is 0 Å². The van der Waals surface area contributed by atoms with Crippen molar-refractivity contribution in [2.24, 2.45) is 0 Å². The molecule has 5 heteroatoms. The van der Waals surface area contributed by atoms with Crippen LogP contribution in [0.4, 0.5) is 4.39 Å². The van der Waals surface area contributed by atoms with E-state index < -0.39 is 0 Å². The van der Waals surface area contributed by atoms with Crippen molar-refractivity contribution in [3.63, 3.8) is 0 Å². The fraction of sp³-hybridized carbons (Fsp3) is 0.133. The van der Waals surface area contributed by atoms with Gasteiger partial charge < -0.3 is 4.57 Å². The maximum absolute atomic E-state index is 13.8. The number of nitrogens with zero attached hydrogens (tertiary/aromatic N) is 2. The van der Waals surface area contributed by atoms with Crippen LogP contribution in [0.2, 0.25) is 0 Å². The Morgan fingerprint density at radius 2 is 2.00 bits per heavy atom. The van der Waals surface area contributed by atoms with Crippen molar-refractivity contribution in [1.29, 1.82) is 0 Å². The zero-order valence-electron chi connectivity index (χ0n) is 10.5. The molecular weight excluding hydrogens is 343 g/mol. The van der Waals surface area contributed by atoms with E-state index in [2.05, 4.69) is 20.9 Å². The third-order valence-electron chi connectivity index (χ3n) is 3.20. The van der Waals surface area contributed by atoms with Gasteiger partial charge >= 0.3 is 0 Å². The number of halogens is 3. The summed E-state index contributed by atoms with van der Waals surface area (Å²) in [5.74, 6) is 0.816. The van der Waals surface area contributed by atoms with Gasteiger partial charge in [-0.1, -0.05) is 34.1 Å². The van der Waals surface area contributed by atoms with Crippen LogP contribution in [0.3, 0.4) is 0 Å². The van der Waals surface area contributed by atoms with E-state index in [1.807, 2.05) is 28.8 Å². The van der Waals surface area contributed by atoms with Gasteiger partial charge in [-0.25, -0.2) is 9.37 Å². The molecule has 0 N–H and O–H groups in total. The monoisotopic (exact) mass is 352 g/mol. The zero-order valence-corrected chi connectivity index (χ0v) is 12.8. The molecule has 0 aliphatic rings. The Bertz CT molecular complexity index is 770. The minimum absolute atomic E-state index is 0.216. The standard InChI is InChI=1S/C15H11BrClFN2/c16-11-5-6-14-13(7-11)19-15(8-17)20(14)9-10-3-1-2-4-12(10)18/h1-7H,8-9H2. The van der Waals surface area contributed by atoms with E-state index in [-0.39, 0.29) is 5.82 Å². The van der Waals surface area contributed by atoms with Crippen LogP contribution < -0.4 is 0 Å². The average molecular weight is 354 g/mol. The Balaban J connectivity index is 2.12. The molecule has 0 amide bonds. The van der Waals surface area contributed by atoms with Crippen molar-refractivity contribution in [2.45, 2.75) is 12.4 Å². The lowest BCUT2D eigenvalue weighted by atomic mass is 10.2. The molecule has 20 heavy (non-hydrogen) atoms. The van der Waals surface area contributed by atoms with Crippen LogP contribution in [-0.4, -0.2) is 9.55 Å². The lowest BCUT2D eigenvalue weighted by Crippen LogP contribution is -2.05. The van der Waals surface area contributed by atoms with Crippen LogP contribution in [0.1, 0.15) is 11.4 Å². The number of rotatable bonds is 3. The maximum Gasteiger partial charge on any atom is 0.128 e. The van der Waals surface area contributed by atoms with Gasteiger partial charge in [0, 0.05) is 10.0 Å². The second-order valence-corrected chi connectivity index (χ2v) is 5.66. The minimum atomic E-state index is -0.216. The molecule has 0 radical (unpaired) electrons. The van der Waals surface area contributed by atoms with Crippen molar-refractivity contribution in [3.05, 3.63) is 64.1 Å². The molecule has 0 aliphatic carbocycles. The van der Waals surface area contributed by atoms with Crippen LogP contribution in [0.25, 0.3) is 11.0 Å². The third-order valence-corrected chi connectivity index (χ3v) is 3.93. The van der Waals surface area contributed by atoms with Gasteiger partial charge in [0.2, 0.25) is 0 Å². The van der Waals surface area contributed by atoms with E-state index in [9.17, 15) is 4.39 Å². The number of aromatic nitrogens is 2. The molecule has 0 fully saturated rings. The van der Waals surface area contributed by atoms with Gasteiger partial charge in [-0.2, -0.15) is 0 Å². The second-order valence-electron chi connectivity index (χ2n) is 4.47. The summed E-state index contributed by atoms with van der Waals surface area (Å²) in [6, 6.07) is 12.6. The van der Waals surface area contributed by atoms with Crippen molar-refractivity contribution in [1.82, 2.24) is 9.55 Å². The van der Waals surface area contributed by atoms with Crippen LogP contribution in [-0.2, 0) is 12.4 Å². The highest BCUT2D eigenvalue weighted by Crippen LogP contribution is 2.23. The quantitative estimate of drug-likeness (QED) is 0.623. The van der Waals surface area contributed by atoms with E-state index in [0.717, 1.165) is 21.3 Å². The molecule has 0 saturated heterocycles. The summed E-state index contributed by atoms with van der Waals surface area (Å²) >= 11 is 9.38. The highest BCUT2D eigenvalue weighted by Gasteiger charge is 2.12. The van der Waals surface area contributed by atoms with Crippen LogP contribution in [0.15, 0.2) is 46.9 Å². The Hall–Kier alpha value is -1.39. The van der Waals surface area contributed by atoms with Crippen LogP contribution in [0.5, 0.6) is 0 Å². The van der Waals surface area contributed by atoms with Crippen molar-refractivity contribution < 1.29 is 4.39 Å². The van der Waals surface area contributed by atoms with Gasteiger partial charge in [0.1, 0.15) is 11.6 Å². The smallest absolute Gasteiger partial charge is 0.128 e. The van der Waals surface area contributed by atoms with E-state index >= 15 is 0 Å². The first-order valence-corrected chi connectivity index (χ1v) is 7.46. The summed E-state index contributed by atoms with van der Waals surface area (Å²) in [5, 5.41) is 0. The maximum atomic E-state index is 13.8. The van der Waals surface area contributed by atoms with Crippen molar-refractivity contribution >= 4 is 38.6 Å². The lowest BCUT2D eigenvalue weighted by Gasteiger charge is -2.08. The van der Waals surface area contributed by atoms with E-state index in [0.29, 0.717) is 18.0 Å². The topological polar surface area (TPSA) is 17.8 Å². The van der Waals surface area contributed by atoms with E-state index in [1.54, 1.807) is 12.1 Å². The number of fused-ring (bicyclic) bond motifs is 1. The molecule has 1 aromatic heterocycles. The summed E-state index contributed by atoms with van der Waals surface area (Å²) in [7, 11) is 0. The number of benzene rings is 2. The molecule has 3 rings (SSSR count). The average Bonchev–Trinajstić information content (AvgIpc) is 2.78. The Morgan fingerprint density at radius 1 is 1.20 bits per heavy atom. The molecule has 2 nitrogen and oxygen atoms in total. The zero-order chi connectivity index (χ0) is 14.1. The first kappa shape index (κ1) is 13.6. The molecule has 0 unspecified atom stereocenters. The number of hydrogen-bond acceptors (Lipinski definition) is 1. The SMILES string of the molecule is Fc1ccccc1Cn1c(CCl)nc2cc(Br)ccc21. The molecule has 0 bridgehead atoms. The predicted molar refractivity (Wildman–Crippen MR) is 82.5 cm³/mol. The largest absolute Gasteiger partial charge is 0.322 e. The van der Waals surface area contributed by atoms with Crippen LogP contribution in [0, 0.1) is 5.82 Å². The molecule has 0 atom stereocenters. The van der Waals surface area contributed by atoms with Crippen molar-refractivity contribution in [2.75, 3.05) is 0 Å². The fourth-order valence-electron chi connectivity index (χ4n) is 2.23. The number of hydrogen-bond donors (Lipinski definition) is 0. The molecule has 0 aliphatic heterocycles. The Kier molecular flexibility index (Phi) is 3.76. The molecule has 0 spiro atoms. The fourth-order valence-corrected chi connectivity index (χ4v) is 2.78. The number of imidazole rings is 1. The Morgan fingerprint density at radius 3 is 2.75 bits per heavy atom. The van der Waals surface area contributed by atoms with Gasteiger partial charge in [0.15, 0.2) is 0 Å². The van der Waals surface area contributed by atoms with Crippen LogP contribution >= 0.6 is 27.5 Å². The Labute approximate surface area is 129 Å². The summed E-state index contributed by atoms with van der Waals surface area (Å²) in [6.07, 6.45) is 0. The van der Waals surface area contributed by atoms with Gasteiger partial charge in [-0.15, -0.1) is 11.6 Å². The van der Waals surface area contributed by atoms with Gasteiger partial charge in [-0.3, -0.25) is 0 Å². The molecule has 2 aromatic carbocycles. The van der Waals surface area contributed by atoms with Gasteiger partial charge in [-0.05, 0) is 24.3 Å². The molecule has 1 heterocycles. The molecule has 102 valence electrons. The minimum Gasteiger partial charge on any atom is -0.322 e. The molecule has 0 saturated carbocycles. The predicted octanol–water partition coefficient (Wildman–Crippen LogP) is 4.73. The van der Waals surface area contributed by atoms with E-state index in [1.165, 1.54) is 6.07 Å². The molecular formula is C15H11BrClFN2. The number of alkyl halides is 1. The highest BCUT2D eigenvalue weighted by atomic mass is 79.9. The second kappa shape index (κ2) is 5.54. The van der Waals surface area contributed by atoms with Gasteiger partial charge in [0.05, 0.1) is 23.5 Å². The van der Waals surface area contributed by atoms with Crippen molar-refractivity contribution in [3.8, 4) is 0 Å². The summed E-state index contributed by atoms with van der Waals surface area (Å²) in [6.45, 7) is 0.423.